The number of aryl methyl sites for hydroxylation is 1. The summed E-state index contributed by atoms with van der Waals surface area (Å²) in [7, 11) is 4.24. The van der Waals surface area contributed by atoms with Crippen molar-refractivity contribution in [2.24, 2.45) is 0 Å². The molecule has 42 heavy (non-hydrogen) atoms. The van der Waals surface area contributed by atoms with Gasteiger partial charge in [-0.1, -0.05) is 30.3 Å². The number of H-pyrrole nitrogens is 1. The lowest BCUT2D eigenvalue weighted by Gasteiger charge is -2.36. The molecular weight excluding hydrogens is 565 g/mol. The number of piperazine rings is 1. The molecule has 0 atom stereocenters. The molecule has 0 bridgehead atoms. The van der Waals surface area contributed by atoms with Crippen molar-refractivity contribution in [1.29, 1.82) is 0 Å². The van der Waals surface area contributed by atoms with Crippen LogP contribution in [0.1, 0.15) is 18.2 Å². The molecule has 2 aromatic heterocycles. The van der Waals surface area contributed by atoms with Crippen molar-refractivity contribution in [2.45, 2.75) is 34.5 Å². The maximum atomic E-state index is 6.19. The van der Waals surface area contributed by atoms with Crippen LogP contribution in [-0.2, 0) is 5.75 Å². The predicted molar refractivity (Wildman–Crippen MR) is 174 cm³/mol. The van der Waals surface area contributed by atoms with Crippen LogP contribution in [0.2, 0.25) is 0 Å². The van der Waals surface area contributed by atoms with Crippen LogP contribution in [0.15, 0.2) is 75.6 Å². The van der Waals surface area contributed by atoms with Crippen LogP contribution in [0, 0.1) is 6.92 Å². The quantitative estimate of drug-likeness (QED) is 0.145. The van der Waals surface area contributed by atoms with Crippen LogP contribution in [0.4, 0.5) is 17.5 Å². The molecule has 1 saturated heterocycles. The molecule has 0 amide bonds. The fourth-order valence-corrected chi connectivity index (χ4v) is 6.23. The van der Waals surface area contributed by atoms with E-state index in [1.807, 2.05) is 31.7 Å². The van der Waals surface area contributed by atoms with Crippen molar-refractivity contribution < 1.29 is 4.74 Å². The third kappa shape index (κ3) is 8.41. The fourth-order valence-electron chi connectivity index (χ4n) is 4.62. The molecular formula is C31H40N8OS2. The summed E-state index contributed by atoms with van der Waals surface area (Å²) in [6.45, 7) is 10.3. The summed E-state index contributed by atoms with van der Waals surface area (Å²) >= 11 is 3.40. The van der Waals surface area contributed by atoms with E-state index in [1.165, 1.54) is 10.5 Å². The summed E-state index contributed by atoms with van der Waals surface area (Å²) < 4.78 is 6.19. The van der Waals surface area contributed by atoms with Crippen LogP contribution >= 0.6 is 23.5 Å². The summed E-state index contributed by atoms with van der Waals surface area (Å²) in [6.07, 6.45) is 0. The van der Waals surface area contributed by atoms with Crippen molar-refractivity contribution in [1.82, 2.24) is 30.0 Å². The second-order valence-corrected chi connectivity index (χ2v) is 12.6. The first-order chi connectivity index (χ1) is 20.5. The van der Waals surface area contributed by atoms with Gasteiger partial charge in [-0.05, 0) is 69.5 Å². The van der Waals surface area contributed by atoms with E-state index >= 15 is 0 Å². The predicted octanol–water partition coefficient (Wildman–Crippen LogP) is 5.78. The minimum atomic E-state index is 0.516. The molecule has 1 fully saturated rings. The van der Waals surface area contributed by atoms with E-state index in [0.29, 0.717) is 29.1 Å². The lowest BCUT2D eigenvalue weighted by Crippen LogP contribution is -2.48. The number of hydrogen-bond donors (Lipinski definition) is 2. The van der Waals surface area contributed by atoms with Gasteiger partial charge in [0.05, 0.1) is 6.61 Å². The highest BCUT2D eigenvalue weighted by Gasteiger charge is 2.25. The number of likely N-dealkylation sites (N-methyl/N-ethyl adjacent to an activating group) is 1. The van der Waals surface area contributed by atoms with E-state index in [1.54, 1.807) is 11.8 Å². The van der Waals surface area contributed by atoms with E-state index in [0.717, 1.165) is 61.4 Å². The first kappa shape index (κ1) is 30.2. The number of rotatable bonds is 13. The fraction of sp³-hybridized carbons (Fsp3) is 0.387. The Morgan fingerprint density at radius 1 is 0.976 bits per heavy atom. The van der Waals surface area contributed by atoms with Crippen LogP contribution in [0.25, 0.3) is 0 Å². The Bertz CT molecular complexity index is 1410. The highest BCUT2D eigenvalue weighted by Crippen LogP contribution is 2.39. The number of anilines is 3. The van der Waals surface area contributed by atoms with Gasteiger partial charge < -0.3 is 19.9 Å². The van der Waals surface area contributed by atoms with E-state index < -0.39 is 0 Å². The average Bonchev–Trinajstić information content (AvgIpc) is 3.42. The second-order valence-electron chi connectivity index (χ2n) is 10.5. The third-order valence-corrected chi connectivity index (χ3v) is 8.84. The summed E-state index contributed by atoms with van der Waals surface area (Å²) in [6, 6.07) is 21.1. The van der Waals surface area contributed by atoms with Crippen molar-refractivity contribution in [2.75, 3.05) is 70.2 Å². The van der Waals surface area contributed by atoms with Crippen LogP contribution in [-0.4, -0.2) is 89.9 Å². The molecule has 2 N–H and O–H groups in total. The Kier molecular flexibility index (Phi) is 10.6. The number of aromatic nitrogens is 4. The van der Waals surface area contributed by atoms with Gasteiger partial charge in [-0.2, -0.15) is 5.10 Å². The largest absolute Gasteiger partial charge is 0.487 e. The summed E-state index contributed by atoms with van der Waals surface area (Å²) in [5, 5.41) is 11.4. The van der Waals surface area contributed by atoms with E-state index in [4.69, 9.17) is 14.7 Å². The normalized spacial score (nSPS) is 14.0. The van der Waals surface area contributed by atoms with Crippen molar-refractivity contribution >= 4 is 41.0 Å². The SMILES string of the molecule is CCOc1c(Nc2cc(C)[nH]n2)nc(Sc2ccc(SCc3ccccc3)cc2)nc1N1CCN(CCN(C)C)CC1. The maximum Gasteiger partial charge on any atom is 0.205 e. The number of nitrogens with one attached hydrogen (secondary N) is 2. The molecule has 3 heterocycles. The second kappa shape index (κ2) is 14.8. The zero-order valence-electron chi connectivity index (χ0n) is 24.8. The summed E-state index contributed by atoms with van der Waals surface area (Å²) in [4.78, 5) is 19.4. The molecule has 0 spiro atoms. The van der Waals surface area contributed by atoms with Gasteiger partial charge in [-0.25, -0.2) is 9.97 Å². The van der Waals surface area contributed by atoms with Crippen molar-refractivity contribution in [3.05, 3.63) is 71.9 Å². The maximum absolute atomic E-state index is 6.19. The number of aromatic amines is 1. The lowest BCUT2D eigenvalue weighted by molar-refractivity contribution is 0.228. The van der Waals surface area contributed by atoms with E-state index in [-0.39, 0.29) is 0 Å². The van der Waals surface area contributed by atoms with Gasteiger partial charge in [0.15, 0.2) is 22.6 Å². The molecule has 0 aliphatic carbocycles. The molecule has 1 aliphatic heterocycles. The van der Waals surface area contributed by atoms with Crippen LogP contribution in [0.3, 0.4) is 0 Å². The third-order valence-electron chi connectivity index (χ3n) is 6.88. The summed E-state index contributed by atoms with van der Waals surface area (Å²) in [5.74, 6) is 3.76. The number of hydrogen-bond acceptors (Lipinski definition) is 10. The molecule has 0 radical (unpaired) electrons. The number of benzene rings is 2. The van der Waals surface area contributed by atoms with Crippen LogP contribution < -0.4 is 15.0 Å². The minimum absolute atomic E-state index is 0.516. The van der Waals surface area contributed by atoms with Gasteiger partial charge in [0.1, 0.15) is 0 Å². The molecule has 1 aliphatic rings. The van der Waals surface area contributed by atoms with Crippen LogP contribution in [0.5, 0.6) is 5.75 Å². The van der Waals surface area contributed by atoms with Gasteiger partial charge in [0, 0.05) is 66.6 Å². The molecule has 0 unspecified atom stereocenters. The highest BCUT2D eigenvalue weighted by molar-refractivity contribution is 7.99. The summed E-state index contributed by atoms with van der Waals surface area (Å²) in [5.41, 5.74) is 2.29. The standard InChI is InChI=1S/C31H40N8OS2/c1-5-40-28-29(32-27-21-23(2)35-36-27)33-31(34-30(28)39-19-17-38(18-20-39)16-15-37(3)4)42-26-13-11-25(12-14-26)41-22-24-9-7-6-8-10-24/h6-14,21H,5,15-20,22H2,1-4H3,(H2,32,33,34,35,36). The Balaban J connectivity index is 1.36. The molecule has 0 saturated carbocycles. The molecule has 9 nitrogen and oxygen atoms in total. The lowest BCUT2D eigenvalue weighted by atomic mass is 10.2. The number of nitrogens with zero attached hydrogens (tertiary/aromatic N) is 6. The first-order valence-electron chi connectivity index (χ1n) is 14.4. The van der Waals surface area contributed by atoms with Gasteiger partial charge in [0.25, 0.3) is 0 Å². The van der Waals surface area contributed by atoms with Crippen molar-refractivity contribution in [3.63, 3.8) is 0 Å². The molecule has 222 valence electrons. The van der Waals surface area contributed by atoms with E-state index in [2.05, 4.69) is 98.9 Å². The van der Waals surface area contributed by atoms with Gasteiger partial charge in [-0.15, -0.1) is 11.8 Å². The molecule has 2 aromatic carbocycles. The average molecular weight is 605 g/mol. The molecule has 5 rings (SSSR count). The Morgan fingerprint density at radius 2 is 1.71 bits per heavy atom. The highest BCUT2D eigenvalue weighted by atomic mass is 32.2. The molecule has 4 aromatic rings. The number of ether oxygens (including phenoxy) is 1. The zero-order chi connectivity index (χ0) is 29.3. The Morgan fingerprint density at radius 3 is 2.38 bits per heavy atom. The topological polar surface area (TPSA) is 85.4 Å². The van der Waals surface area contributed by atoms with Gasteiger partial charge in [0.2, 0.25) is 5.75 Å². The Hall–Kier alpha value is -3.25. The minimum Gasteiger partial charge on any atom is -0.487 e. The van der Waals surface area contributed by atoms with Gasteiger partial charge in [-0.3, -0.25) is 10.00 Å². The van der Waals surface area contributed by atoms with E-state index in [9.17, 15) is 0 Å². The van der Waals surface area contributed by atoms with Gasteiger partial charge >= 0.3 is 0 Å². The molecule has 11 heteroatoms. The van der Waals surface area contributed by atoms with Crippen molar-refractivity contribution in [3.8, 4) is 5.75 Å². The number of thioether (sulfide) groups is 1. The first-order valence-corrected chi connectivity index (χ1v) is 16.2. The monoisotopic (exact) mass is 604 g/mol. The smallest absolute Gasteiger partial charge is 0.205 e. The zero-order valence-corrected chi connectivity index (χ0v) is 26.5. The Labute approximate surface area is 257 Å².